The number of aromatic amines is 1. The fourth-order valence-electron chi connectivity index (χ4n) is 2.73. The third kappa shape index (κ3) is 3.78. The standard InChI is InChI=1S/C16H20N6O4S2/c1-3-8-28(18,26)15-20-13(17)12-14(21-15)22(16(23)19-12)9-10-4-6-11(7-5-10)27(2,24)25/h4-7,18H,3,8-9H2,1-2H3,(H,19,23)(H2,17,20,21). The van der Waals surface area contributed by atoms with E-state index in [-0.39, 0.29) is 39.3 Å². The average molecular weight is 425 g/mol. The number of hydrogen-bond donors (Lipinski definition) is 3. The Bertz CT molecular complexity index is 1310. The first-order valence-electron chi connectivity index (χ1n) is 8.34. The van der Waals surface area contributed by atoms with Gasteiger partial charge in [0.05, 0.1) is 11.4 Å². The van der Waals surface area contributed by atoms with Gasteiger partial charge in [-0.25, -0.2) is 27.2 Å². The molecule has 150 valence electrons. The Balaban J connectivity index is 2.10. The molecule has 0 amide bonds. The van der Waals surface area contributed by atoms with Gasteiger partial charge < -0.3 is 10.7 Å². The number of H-pyrrole nitrogens is 1. The van der Waals surface area contributed by atoms with Crippen molar-refractivity contribution in [3.05, 3.63) is 40.3 Å². The fourth-order valence-corrected chi connectivity index (χ4v) is 4.60. The second-order valence-electron chi connectivity index (χ2n) is 6.40. The summed E-state index contributed by atoms with van der Waals surface area (Å²) in [5, 5.41) is -0.209. The lowest BCUT2D eigenvalue weighted by molar-refractivity contribution is 0.602. The van der Waals surface area contributed by atoms with Gasteiger partial charge in [0.25, 0.3) is 0 Å². The van der Waals surface area contributed by atoms with Crippen molar-refractivity contribution in [3.63, 3.8) is 0 Å². The Labute approximate surface area is 161 Å². The minimum atomic E-state index is -3.32. The zero-order valence-corrected chi connectivity index (χ0v) is 16.9. The summed E-state index contributed by atoms with van der Waals surface area (Å²) in [6, 6.07) is 6.10. The van der Waals surface area contributed by atoms with E-state index in [1.807, 2.05) is 0 Å². The van der Waals surface area contributed by atoms with E-state index < -0.39 is 25.3 Å². The first kappa shape index (κ1) is 20.0. The molecule has 0 fully saturated rings. The molecule has 1 unspecified atom stereocenters. The summed E-state index contributed by atoms with van der Waals surface area (Å²) in [4.78, 5) is 23.2. The van der Waals surface area contributed by atoms with Gasteiger partial charge in [0.2, 0.25) is 5.16 Å². The molecule has 0 aliphatic carbocycles. The van der Waals surface area contributed by atoms with Crippen LogP contribution in [-0.4, -0.2) is 44.2 Å². The van der Waals surface area contributed by atoms with Gasteiger partial charge in [-0.1, -0.05) is 19.1 Å². The summed E-state index contributed by atoms with van der Waals surface area (Å²) in [7, 11) is -6.55. The van der Waals surface area contributed by atoms with Crippen molar-refractivity contribution < 1.29 is 12.6 Å². The van der Waals surface area contributed by atoms with Gasteiger partial charge in [0, 0.05) is 12.0 Å². The molecule has 2 aromatic heterocycles. The summed E-state index contributed by atoms with van der Waals surface area (Å²) < 4.78 is 45.0. The summed E-state index contributed by atoms with van der Waals surface area (Å²) in [6.07, 6.45) is 1.62. The number of sulfone groups is 1. The van der Waals surface area contributed by atoms with Gasteiger partial charge in [0.1, 0.15) is 15.2 Å². The molecule has 0 aliphatic heterocycles. The van der Waals surface area contributed by atoms with Crippen molar-refractivity contribution in [2.75, 3.05) is 17.7 Å². The highest BCUT2D eigenvalue weighted by Crippen LogP contribution is 2.19. The number of imidazole rings is 1. The molecule has 1 atom stereocenters. The van der Waals surface area contributed by atoms with Crippen LogP contribution in [0.1, 0.15) is 18.9 Å². The van der Waals surface area contributed by atoms with Crippen molar-refractivity contribution in [3.8, 4) is 0 Å². The van der Waals surface area contributed by atoms with Crippen molar-refractivity contribution in [1.82, 2.24) is 19.5 Å². The molecule has 4 N–H and O–H groups in total. The maximum atomic E-state index is 12.5. The second-order valence-corrected chi connectivity index (χ2v) is 10.5. The monoisotopic (exact) mass is 424 g/mol. The van der Waals surface area contributed by atoms with E-state index in [0.29, 0.717) is 12.0 Å². The summed E-state index contributed by atoms with van der Waals surface area (Å²) in [5.74, 6) is 0.0267. The van der Waals surface area contributed by atoms with E-state index in [2.05, 4.69) is 15.0 Å². The highest BCUT2D eigenvalue weighted by Gasteiger charge is 2.19. The van der Waals surface area contributed by atoms with Crippen LogP contribution in [0.5, 0.6) is 0 Å². The van der Waals surface area contributed by atoms with Crippen LogP contribution in [0, 0.1) is 4.78 Å². The number of nitrogens with zero attached hydrogens (tertiary/aromatic N) is 3. The van der Waals surface area contributed by atoms with E-state index in [9.17, 15) is 17.4 Å². The molecule has 12 heteroatoms. The molecule has 2 heterocycles. The first-order chi connectivity index (χ1) is 13.0. The topological polar surface area (TPSA) is 165 Å². The van der Waals surface area contributed by atoms with Gasteiger partial charge in [-0.2, -0.15) is 4.98 Å². The Morgan fingerprint density at radius 2 is 1.82 bits per heavy atom. The molecule has 3 aromatic rings. The van der Waals surface area contributed by atoms with Gasteiger partial charge in [0.15, 0.2) is 21.3 Å². The summed E-state index contributed by atoms with van der Waals surface area (Å²) >= 11 is 0. The van der Waals surface area contributed by atoms with Crippen LogP contribution in [-0.2, 0) is 26.1 Å². The second kappa shape index (κ2) is 7.02. The Kier molecular flexibility index (Phi) is 5.02. The molecule has 0 spiro atoms. The normalized spacial score (nSPS) is 14.2. The third-order valence-electron chi connectivity index (χ3n) is 4.11. The van der Waals surface area contributed by atoms with Crippen LogP contribution in [0.3, 0.4) is 0 Å². The van der Waals surface area contributed by atoms with Gasteiger partial charge in [-0.05, 0) is 24.1 Å². The largest absolute Gasteiger partial charge is 0.382 e. The molecule has 3 rings (SSSR count). The van der Waals surface area contributed by atoms with E-state index in [0.717, 1.165) is 6.26 Å². The highest BCUT2D eigenvalue weighted by molar-refractivity contribution is 7.92. The van der Waals surface area contributed by atoms with Crippen molar-refractivity contribution >= 4 is 36.5 Å². The molecule has 28 heavy (non-hydrogen) atoms. The van der Waals surface area contributed by atoms with E-state index >= 15 is 0 Å². The van der Waals surface area contributed by atoms with Crippen LogP contribution in [0.4, 0.5) is 5.82 Å². The summed E-state index contributed by atoms with van der Waals surface area (Å²) in [6.45, 7) is 1.88. The van der Waals surface area contributed by atoms with E-state index in [4.69, 9.17) is 10.5 Å². The van der Waals surface area contributed by atoms with Gasteiger partial charge in [-0.15, -0.1) is 0 Å². The minimum absolute atomic E-state index is 0.0562. The van der Waals surface area contributed by atoms with Gasteiger partial charge in [-0.3, -0.25) is 4.57 Å². The van der Waals surface area contributed by atoms with Crippen LogP contribution < -0.4 is 11.4 Å². The predicted molar refractivity (Wildman–Crippen MR) is 106 cm³/mol. The van der Waals surface area contributed by atoms with Crippen molar-refractivity contribution in [1.29, 1.82) is 4.78 Å². The number of anilines is 1. The molecule has 1 aromatic carbocycles. The number of hydrogen-bond acceptors (Lipinski definition) is 8. The first-order valence-corrected chi connectivity index (χ1v) is 12.0. The maximum Gasteiger partial charge on any atom is 0.328 e. The van der Waals surface area contributed by atoms with Crippen LogP contribution in [0.15, 0.2) is 39.1 Å². The van der Waals surface area contributed by atoms with Crippen LogP contribution in [0.2, 0.25) is 0 Å². The van der Waals surface area contributed by atoms with Crippen molar-refractivity contribution in [2.24, 2.45) is 0 Å². The summed E-state index contributed by atoms with van der Waals surface area (Å²) in [5.41, 5.74) is 6.40. The van der Waals surface area contributed by atoms with Crippen LogP contribution in [0.25, 0.3) is 11.2 Å². The number of nitrogens with one attached hydrogen (secondary N) is 2. The minimum Gasteiger partial charge on any atom is -0.382 e. The van der Waals surface area contributed by atoms with E-state index in [1.165, 1.54) is 16.7 Å². The molecule has 10 nitrogen and oxygen atoms in total. The predicted octanol–water partition coefficient (Wildman–Crippen LogP) is 0.969. The molecule has 0 saturated heterocycles. The zero-order chi connectivity index (χ0) is 20.7. The number of aromatic nitrogens is 4. The SMILES string of the molecule is CCCS(=N)(=O)c1nc(N)c2[nH]c(=O)n(Cc3ccc(S(C)(=O)=O)cc3)c2n1. The van der Waals surface area contributed by atoms with Crippen molar-refractivity contribution in [2.45, 2.75) is 29.9 Å². The maximum absolute atomic E-state index is 12.5. The molecule has 0 bridgehead atoms. The molecule has 0 saturated carbocycles. The number of benzene rings is 1. The Morgan fingerprint density at radius 1 is 1.18 bits per heavy atom. The quantitative estimate of drug-likeness (QED) is 0.496. The number of nitrogen functional groups attached to an aromatic ring is 1. The highest BCUT2D eigenvalue weighted by atomic mass is 32.2. The number of nitrogens with two attached hydrogens (primary N) is 1. The molecule has 0 aliphatic rings. The molecular formula is C16H20N6O4S2. The Hall–Kier alpha value is -2.73. The van der Waals surface area contributed by atoms with E-state index in [1.54, 1.807) is 19.1 Å². The lowest BCUT2D eigenvalue weighted by Gasteiger charge is -2.08. The lowest BCUT2D eigenvalue weighted by Crippen LogP contribution is -2.18. The third-order valence-corrected chi connectivity index (χ3v) is 6.99. The molecular weight excluding hydrogens is 404 g/mol. The molecule has 0 radical (unpaired) electrons. The fraction of sp³-hybridized carbons (Fsp3) is 0.312. The lowest BCUT2D eigenvalue weighted by atomic mass is 10.2. The van der Waals surface area contributed by atoms with Crippen LogP contribution >= 0.6 is 0 Å². The Morgan fingerprint density at radius 3 is 2.39 bits per heavy atom. The van der Waals surface area contributed by atoms with Gasteiger partial charge >= 0.3 is 5.69 Å². The average Bonchev–Trinajstić information content (AvgIpc) is 2.91. The smallest absolute Gasteiger partial charge is 0.328 e. The number of rotatable bonds is 6. The zero-order valence-electron chi connectivity index (χ0n) is 15.3. The number of fused-ring (bicyclic) bond motifs is 1.